The van der Waals surface area contributed by atoms with E-state index < -0.39 is 30.5 Å². The molecule has 0 aliphatic heterocycles. The van der Waals surface area contributed by atoms with Crippen molar-refractivity contribution in [1.29, 1.82) is 0 Å². The number of aryl methyl sites for hydroxylation is 1. The Labute approximate surface area is 736 Å². The Morgan fingerprint density at radius 3 is 1.21 bits per heavy atom. The molecule has 4 N–H and O–H groups in total. The number of hydrogen-bond acceptors (Lipinski definition) is 16. The van der Waals surface area contributed by atoms with Gasteiger partial charge in [0.05, 0.1) is 42.7 Å². The maximum absolute atomic E-state index is 13.0. The number of hydrogen-bond donors (Lipinski definition) is 4. The lowest BCUT2D eigenvalue weighted by molar-refractivity contribution is -0.151. The number of aliphatic hydroxyl groups excluding tert-OH is 4. The Hall–Kier alpha value is -6.20. The molecular weight excluding hydrogens is 1520 g/mol. The van der Waals surface area contributed by atoms with E-state index in [4.69, 9.17) is 28.4 Å². The molecule has 4 rings (SSSR count). The Morgan fingerprint density at radius 1 is 0.380 bits per heavy atom. The Morgan fingerprint density at radius 2 is 0.744 bits per heavy atom. The molecule has 121 heavy (non-hydrogen) atoms. The standard InChI is InChI=1S/C37H58O6.2C34H58O5/c1-5-6-7-8-9-13-18-29(4)37(41)43-35-27-34(39)32(21-16-10-11-17-22-36(40)42-28(2)3)33(35)26-25-31(38)24-23-30-19-14-12-15-20-30;1-6-8-10-12-14-18-22-28(5)34(37)39-32-26-31(35)29(30(32)24-20-15-13-11-9-7-2)23-19-16-17-21-25-33(36)38-27(3)4;1-5-7-9-11-13-14-16-21-26-34(37)39-32-27-31(35)29(23-19-15-12-10-8-6-2)30(32)24-20-17-18-22-25-33(36)38-28(3)4/h10,12,14-16,19-20,28,31-35,38-39H,4-9,11,13,17-18,21-27H2,1-3H3;16,19-20,24,27,29-32,35H,5-15,17-18,21-23,25-26H2,1-4H3;5,17,19-20,23,28-32,35H,1,6-16,18,21-22,24-27H2,2-4H3/b16-10-;19-16-,24-20+;20-17-,23-19+/t31-,32+,33+,34-,35+;29-,30-,31+,32-;29-,30-,31-,32+/m011/s1. The zero-order valence-corrected chi connectivity index (χ0v) is 77.8. The number of carbonyl (C=O) groups is 6. The quantitative estimate of drug-likeness (QED) is 0.0156. The lowest BCUT2D eigenvalue weighted by Crippen LogP contribution is -2.27. The van der Waals surface area contributed by atoms with Gasteiger partial charge in [0.2, 0.25) is 0 Å². The molecule has 16 heteroatoms. The van der Waals surface area contributed by atoms with Crippen LogP contribution in [0.25, 0.3) is 0 Å². The normalized spacial score (nSPS) is 21.1. The van der Waals surface area contributed by atoms with Gasteiger partial charge in [-0.15, -0.1) is 6.58 Å². The number of rotatable bonds is 67. The third-order valence-electron chi connectivity index (χ3n) is 23.5. The molecule has 3 aliphatic carbocycles. The van der Waals surface area contributed by atoms with Crippen molar-refractivity contribution in [3.8, 4) is 0 Å². The van der Waals surface area contributed by atoms with Crippen LogP contribution in [0.2, 0.25) is 0 Å². The summed E-state index contributed by atoms with van der Waals surface area (Å²) in [5.41, 5.74) is 2.25. The number of benzene rings is 1. The van der Waals surface area contributed by atoms with E-state index >= 15 is 0 Å². The minimum absolute atomic E-state index is 0.00341. The summed E-state index contributed by atoms with van der Waals surface area (Å²) in [6.45, 7) is 31.7. The van der Waals surface area contributed by atoms with Crippen molar-refractivity contribution in [1.82, 2.24) is 0 Å². The van der Waals surface area contributed by atoms with Gasteiger partial charge in [0.25, 0.3) is 0 Å². The van der Waals surface area contributed by atoms with Crippen LogP contribution in [0.15, 0.2) is 128 Å². The van der Waals surface area contributed by atoms with Gasteiger partial charge in [-0.2, -0.15) is 0 Å². The highest BCUT2D eigenvalue weighted by molar-refractivity contribution is 5.88. The topological polar surface area (TPSA) is 239 Å². The smallest absolute Gasteiger partial charge is 0.333 e. The molecule has 0 saturated heterocycles. The van der Waals surface area contributed by atoms with Crippen LogP contribution in [0.3, 0.4) is 0 Å². The number of carbonyl (C=O) groups excluding carboxylic acids is 6. The summed E-state index contributed by atoms with van der Waals surface area (Å²) in [5.74, 6) is -1.34. The van der Waals surface area contributed by atoms with E-state index in [1.54, 1.807) is 0 Å². The van der Waals surface area contributed by atoms with Crippen molar-refractivity contribution in [2.24, 2.45) is 35.5 Å². The highest BCUT2D eigenvalue weighted by Crippen LogP contribution is 2.43. The highest BCUT2D eigenvalue weighted by atomic mass is 16.6. The second kappa shape index (κ2) is 72.0. The third-order valence-corrected chi connectivity index (χ3v) is 23.5. The summed E-state index contributed by atoms with van der Waals surface area (Å²) < 4.78 is 33.5. The van der Waals surface area contributed by atoms with Crippen molar-refractivity contribution in [2.45, 2.75) is 458 Å². The minimum Gasteiger partial charge on any atom is -0.463 e. The van der Waals surface area contributed by atoms with E-state index in [0.29, 0.717) is 101 Å². The molecule has 0 amide bonds. The molecule has 0 spiro atoms. The lowest BCUT2D eigenvalue weighted by atomic mass is 9.85. The van der Waals surface area contributed by atoms with Crippen LogP contribution in [0.5, 0.6) is 0 Å². The van der Waals surface area contributed by atoms with Gasteiger partial charge in [-0.3, -0.25) is 19.2 Å². The van der Waals surface area contributed by atoms with Crippen LogP contribution >= 0.6 is 0 Å². The summed E-state index contributed by atoms with van der Waals surface area (Å²) in [5, 5.41) is 43.6. The van der Waals surface area contributed by atoms with Crippen molar-refractivity contribution in [3.63, 3.8) is 0 Å². The molecule has 0 heterocycles. The number of allylic oxidation sites excluding steroid dienone is 9. The summed E-state index contributed by atoms with van der Waals surface area (Å²) in [6, 6.07) is 10.2. The van der Waals surface area contributed by atoms with E-state index in [0.717, 1.165) is 122 Å². The van der Waals surface area contributed by atoms with Gasteiger partial charge in [0.1, 0.15) is 18.3 Å². The molecule has 16 nitrogen and oxygen atoms in total. The fourth-order valence-electron chi connectivity index (χ4n) is 16.6. The van der Waals surface area contributed by atoms with Gasteiger partial charge in [0, 0.05) is 79.8 Å². The predicted octanol–water partition coefficient (Wildman–Crippen LogP) is 25.6. The first-order valence-electron chi connectivity index (χ1n) is 48.6. The summed E-state index contributed by atoms with van der Waals surface area (Å²) in [7, 11) is 0. The molecule has 13 atom stereocenters. The third kappa shape index (κ3) is 55.0. The maximum atomic E-state index is 13.0. The van der Waals surface area contributed by atoms with Crippen molar-refractivity contribution >= 4 is 35.8 Å². The zero-order chi connectivity index (χ0) is 89.1. The summed E-state index contributed by atoms with van der Waals surface area (Å²) >= 11 is 0. The molecule has 3 saturated carbocycles. The molecule has 0 radical (unpaired) electrons. The summed E-state index contributed by atoms with van der Waals surface area (Å²) in [6.07, 6.45) is 67.3. The van der Waals surface area contributed by atoms with E-state index in [1.165, 1.54) is 121 Å². The van der Waals surface area contributed by atoms with Gasteiger partial charge < -0.3 is 48.8 Å². The second-order valence-corrected chi connectivity index (χ2v) is 35.6. The van der Waals surface area contributed by atoms with E-state index in [1.807, 2.05) is 65.8 Å². The van der Waals surface area contributed by atoms with Gasteiger partial charge >= 0.3 is 35.8 Å². The molecule has 1 aromatic rings. The van der Waals surface area contributed by atoms with Crippen LogP contribution in [0, 0.1) is 35.5 Å². The first-order valence-corrected chi connectivity index (χ1v) is 48.6. The fraction of sp³-hybridized carbons (Fsp3) is 0.733. The SMILES string of the molecule is C=C(CCCCCCCC)C(=O)O[C@@H]1C[C@H](O)[C@H](C/C=C\CCCC(=O)OC(C)C)[C@H]1/C=C/CCCCCC.C=C(CCCCCCCC)C(=O)O[C@@H]1C[C@H](O)[C@H](C/C=C\CCCC(=O)OC(C)C)[C@H]1CC[C@@H](O)CCc1ccccc1.C=CCCCCCCCCC(=O)O[C@H]1C[C@@H](O)[C@H](/C=C/CCCCCC)[C@H]1C/C=C\CCCC(=O)OC(C)C. The molecule has 0 bridgehead atoms. The number of ether oxygens (including phenoxy) is 6. The van der Waals surface area contributed by atoms with Crippen LogP contribution < -0.4 is 0 Å². The molecule has 1 aromatic carbocycles. The average Bonchev–Trinajstić information content (AvgIpc) is 1.57. The van der Waals surface area contributed by atoms with E-state index in [-0.39, 0.29) is 102 Å². The zero-order valence-electron chi connectivity index (χ0n) is 77.8. The highest BCUT2D eigenvalue weighted by Gasteiger charge is 2.46. The van der Waals surface area contributed by atoms with Crippen LogP contribution in [-0.4, -0.2) is 117 Å². The van der Waals surface area contributed by atoms with Gasteiger partial charge in [0.15, 0.2) is 0 Å². The molecule has 3 aliphatic rings. The molecular formula is C105H174O16. The Balaban J connectivity index is 0.000000616. The Kier molecular flexibility index (Phi) is 66.0. The largest absolute Gasteiger partial charge is 0.463 e. The fourth-order valence-corrected chi connectivity index (χ4v) is 16.6. The van der Waals surface area contributed by atoms with Crippen LogP contribution in [0.1, 0.15) is 396 Å². The van der Waals surface area contributed by atoms with Crippen molar-refractivity contribution in [2.75, 3.05) is 0 Å². The molecule has 0 unspecified atom stereocenters. The second-order valence-electron chi connectivity index (χ2n) is 35.6. The lowest BCUT2D eigenvalue weighted by Gasteiger charge is -2.26. The molecule has 0 aromatic heterocycles. The van der Waals surface area contributed by atoms with Gasteiger partial charge in [-0.25, -0.2) is 9.59 Å². The monoisotopic (exact) mass is 1690 g/mol. The molecule has 690 valence electrons. The van der Waals surface area contributed by atoms with E-state index in [9.17, 15) is 49.2 Å². The maximum Gasteiger partial charge on any atom is 0.333 e. The first kappa shape index (κ1) is 111. The van der Waals surface area contributed by atoms with Gasteiger partial charge in [-0.05, 0) is 213 Å². The minimum atomic E-state index is -0.582. The number of aliphatic hydroxyl groups is 4. The Bertz CT molecular complexity index is 3030. The average molecular weight is 1690 g/mol. The summed E-state index contributed by atoms with van der Waals surface area (Å²) in [4.78, 5) is 73.7. The van der Waals surface area contributed by atoms with Crippen LogP contribution in [-0.2, 0) is 63.6 Å². The van der Waals surface area contributed by atoms with Crippen molar-refractivity contribution in [3.05, 3.63) is 134 Å². The molecule has 3 fully saturated rings. The number of unbranched alkanes of at least 4 members (excludes halogenated alkanes) is 27. The van der Waals surface area contributed by atoms with Crippen LogP contribution in [0.4, 0.5) is 0 Å². The predicted molar refractivity (Wildman–Crippen MR) is 496 cm³/mol. The van der Waals surface area contributed by atoms with Crippen molar-refractivity contribution < 1.29 is 77.6 Å². The first-order chi connectivity index (χ1) is 58.4. The number of esters is 6. The van der Waals surface area contributed by atoms with E-state index in [2.05, 4.69) is 120 Å². The van der Waals surface area contributed by atoms with Gasteiger partial charge in [-0.1, -0.05) is 266 Å².